The molecule has 0 aromatic carbocycles. The van der Waals surface area contributed by atoms with Gasteiger partial charge in [-0.3, -0.25) is 4.79 Å². The largest absolute Gasteiger partial charge is 0.378 e. The Bertz CT molecular complexity index is 237. The maximum atomic E-state index is 11.5. The van der Waals surface area contributed by atoms with Crippen molar-refractivity contribution < 1.29 is 9.53 Å². The lowest BCUT2D eigenvalue weighted by molar-refractivity contribution is -0.122. The molecule has 4 nitrogen and oxygen atoms in total. The van der Waals surface area contributed by atoms with Crippen LogP contribution in [0, 0.1) is 11.8 Å². The van der Waals surface area contributed by atoms with Gasteiger partial charge >= 0.3 is 0 Å². The first kappa shape index (κ1) is 17.7. The Morgan fingerprint density at radius 1 is 1.50 bits per heavy atom. The van der Waals surface area contributed by atoms with Gasteiger partial charge in [0.15, 0.2) is 0 Å². The summed E-state index contributed by atoms with van der Waals surface area (Å²) in [6, 6.07) is 0. The lowest BCUT2D eigenvalue weighted by Crippen LogP contribution is -2.41. The molecule has 1 fully saturated rings. The van der Waals surface area contributed by atoms with Gasteiger partial charge in [-0.05, 0) is 31.7 Å². The summed E-state index contributed by atoms with van der Waals surface area (Å²) in [4.78, 5) is 11.5. The molecule has 0 radical (unpaired) electrons. The van der Waals surface area contributed by atoms with Crippen LogP contribution in [-0.2, 0) is 9.53 Å². The molecule has 0 bridgehead atoms. The van der Waals surface area contributed by atoms with Crippen molar-refractivity contribution in [2.45, 2.75) is 45.6 Å². The van der Waals surface area contributed by atoms with Gasteiger partial charge in [0, 0.05) is 25.5 Å². The van der Waals surface area contributed by atoms with Gasteiger partial charge in [-0.1, -0.05) is 13.8 Å². The number of carbonyl (C=O) groups is 1. The molecular weight excluding hydrogens is 252 g/mol. The first-order valence-electron chi connectivity index (χ1n) is 6.73. The van der Waals surface area contributed by atoms with E-state index in [1.54, 1.807) is 0 Å². The quantitative estimate of drug-likeness (QED) is 0.777. The zero-order chi connectivity index (χ0) is 12.7. The van der Waals surface area contributed by atoms with Gasteiger partial charge in [-0.2, -0.15) is 0 Å². The van der Waals surface area contributed by atoms with Crippen molar-refractivity contribution in [2.24, 2.45) is 17.6 Å². The van der Waals surface area contributed by atoms with E-state index in [-0.39, 0.29) is 18.3 Å². The van der Waals surface area contributed by atoms with Crippen molar-refractivity contribution in [2.75, 3.05) is 19.7 Å². The SMILES string of the molecule is CC(C)C1OCCCC1CNC(=O)CCCN.Cl. The second kappa shape index (κ2) is 9.59. The number of rotatable bonds is 6. The smallest absolute Gasteiger partial charge is 0.220 e. The van der Waals surface area contributed by atoms with Crippen molar-refractivity contribution in [1.82, 2.24) is 5.32 Å². The fourth-order valence-corrected chi connectivity index (χ4v) is 2.42. The molecule has 1 saturated heterocycles. The van der Waals surface area contributed by atoms with E-state index < -0.39 is 0 Å². The summed E-state index contributed by atoms with van der Waals surface area (Å²) in [6.45, 7) is 6.54. The Hall–Kier alpha value is -0.320. The molecule has 1 amide bonds. The molecule has 2 atom stereocenters. The summed E-state index contributed by atoms with van der Waals surface area (Å²) in [6.07, 6.45) is 3.85. The van der Waals surface area contributed by atoms with Crippen LogP contribution in [0.5, 0.6) is 0 Å². The fourth-order valence-electron chi connectivity index (χ4n) is 2.42. The van der Waals surface area contributed by atoms with Gasteiger partial charge in [0.1, 0.15) is 0 Å². The predicted octanol–water partition coefficient (Wildman–Crippen LogP) is 1.71. The van der Waals surface area contributed by atoms with E-state index in [9.17, 15) is 4.79 Å². The number of nitrogens with two attached hydrogens (primary N) is 1. The van der Waals surface area contributed by atoms with Crippen LogP contribution < -0.4 is 11.1 Å². The van der Waals surface area contributed by atoms with Gasteiger partial charge in [-0.15, -0.1) is 12.4 Å². The predicted molar refractivity (Wildman–Crippen MR) is 75.8 cm³/mol. The minimum absolute atomic E-state index is 0. The van der Waals surface area contributed by atoms with Gasteiger partial charge in [-0.25, -0.2) is 0 Å². The average molecular weight is 279 g/mol. The minimum atomic E-state index is 0. The van der Waals surface area contributed by atoms with Crippen LogP contribution in [0.2, 0.25) is 0 Å². The summed E-state index contributed by atoms with van der Waals surface area (Å²) >= 11 is 0. The Morgan fingerprint density at radius 2 is 2.22 bits per heavy atom. The molecule has 2 unspecified atom stereocenters. The van der Waals surface area contributed by atoms with Crippen LogP contribution in [0.4, 0.5) is 0 Å². The maximum absolute atomic E-state index is 11.5. The zero-order valence-corrected chi connectivity index (χ0v) is 12.3. The molecule has 0 aromatic rings. The molecule has 0 aliphatic carbocycles. The molecule has 0 spiro atoms. The van der Waals surface area contributed by atoms with E-state index in [2.05, 4.69) is 19.2 Å². The molecule has 0 saturated carbocycles. The van der Waals surface area contributed by atoms with Gasteiger partial charge < -0.3 is 15.8 Å². The van der Waals surface area contributed by atoms with Crippen LogP contribution >= 0.6 is 12.4 Å². The number of hydrogen-bond acceptors (Lipinski definition) is 3. The summed E-state index contributed by atoms with van der Waals surface area (Å²) in [5.74, 6) is 1.09. The van der Waals surface area contributed by atoms with E-state index in [1.165, 1.54) is 0 Å². The highest BCUT2D eigenvalue weighted by Crippen LogP contribution is 2.25. The number of amides is 1. The first-order valence-corrected chi connectivity index (χ1v) is 6.73. The van der Waals surface area contributed by atoms with E-state index >= 15 is 0 Å². The van der Waals surface area contributed by atoms with Crippen LogP contribution in [0.25, 0.3) is 0 Å². The maximum Gasteiger partial charge on any atom is 0.220 e. The normalized spacial score (nSPS) is 23.6. The number of halogens is 1. The Kier molecular flexibility index (Phi) is 9.42. The highest BCUT2D eigenvalue weighted by Gasteiger charge is 2.28. The lowest BCUT2D eigenvalue weighted by atomic mass is 9.87. The Balaban J connectivity index is 0.00000289. The topological polar surface area (TPSA) is 64.3 Å². The zero-order valence-electron chi connectivity index (χ0n) is 11.5. The molecular formula is C13H27ClN2O2. The summed E-state index contributed by atoms with van der Waals surface area (Å²) in [5, 5.41) is 3.00. The molecule has 1 rings (SSSR count). The number of carbonyl (C=O) groups excluding carboxylic acids is 1. The van der Waals surface area contributed by atoms with Crippen molar-refractivity contribution in [3.05, 3.63) is 0 Å². The van der Waals surface area contributed by atoms with Crippen LogP contribution in [0.1, 0.15) is 39.5 Å². The summed E-state index contributed by atoms with van der Waals surface area (Å²) in [7, 11) is 0. The van der Waals surface area contributed by atoms with Gasteiger partial charge in [0.05, 0.1) is 6.10 Å². The second-order valence-corrected chi connectivity index (χ2v) is 5.18. The van der Waals surface area contributed by atoms with Crippen LogP contribution in [0.3, 0.4) is 0 Å². The number of ether oxygens (including phenoxy) is 1. The summed E-state index contributed by atoms with van der Waals surface area (Å²) < 4.78 is 5.79. The Morgan fingerprint density at radius 3 is 2.83 bits per heavy atom. The lowest BCUT2D eigenvalue weighted by Gasteiger charge is -2.34. The highest BCUT2D eigenvalue weighted by atomic mass is 35.5. The molecule has 18 heavy (non-hydrogen) atoms. The van der Waals surface area contributed by atoms with Crippen molar-refractivity contribution in [1.29, 1.82) is 0 Å². The molecule has 0 aromatic heterocycles. The van der Waals surface area contributed by atoms with E-state index in [1.807, 2.05) is 0 Å². The fraction of sp³-hybridized carbons (Fsp3) is 0.923. The van der Waals surface area contributed by atoms with Crippen molar-refractivity contribution in [3.63, 3.8) is 0 Å². The molecule has 1 aliphatic rings. The monoisotopic (exact) mass is 278 g/mol. The molecule has 3 N–H and O–H groups in total. The standard InChI is InChI=1S/C13H26N2O2.ClH/c1-10(2)13-11(5-4-8-17-13)9-15-12(16)6-3-7-14;/h10-11,13H,3-9,14H2,1-2H3,(H,15,16);1H. The molecule has 1 aliphatic heterocycles. The molecule has 5 heteroatoms. The molecule has 108 valence electrons. The highest BCUT2D eigenvalue weighted by molar-refractivity contribution is 5.85. The average Bonchev–Trinajstić information content (AvgIpc) is 2.34. The first-order chi connectivity index (χ1) is 8.15. The van der Waals surface area contributed by atoms with Gasteiger partial charge in [0.2, 0.25) is 5.91 Å². The number of hydrogen-bond donors (Lipinski definition) is 2. The third-order valence-electron chi connectivity index (χ3n) is 3.32. The third-order valence-corrected chi connectivity index (χ3v) is 3.32. The van der Waals surface area contributed by atoms with E-state index in [4.69, 9.17) is 10.5 Å². The van der Waals surface area contributed by atoms with E-state index in [0.717, 1.165) is 32.4 Å². The van der Waals surface area contributed by atoms with Crippen LogP contribution in [-0.4, -0.2) is 31.7 Å². The minimum Gasteiger partial charge on any atom is -0.378 e. The summed E-state index contributed by atoms with van der Waals surface area (Å²) in [5.41, 5.74) is 5.38. The Labute approximate surface area is 116 Å². The third kappa shape index (κ3) is 6.03. The van der Waals surface area contributed by atoms with Crippen LogP contribution in [0.15, 0.2) is 0 Å². The molecule has 1 heterocycles. The number of nitrogens with one attached hydrogen (secondary N) is 1. The van der Waals surface area contributed by atoms with Crippen molar-refractivity contribution >= 4 is 18.3 Å². The van der Waals surface area contributed by atoms with Crippen molar-refractivity contribution in [3.8, 4) is 0 Å². The van der Waals surface area contributed by atoms with E-state index in [0.29, 0.717) is 30.9 Å². The second-order valence-electron chi connectivity index (χ2n) is 5.18. The van der Waals surface area contributed by atoms with Gasteiger partial charge in [0.25, 0.3) is 0 Å².